The molecule has 2 aromatic heterocycles. The molecule has 0 fully saturated rings. The van der Waals surface area contributed by atoms with Crippen molar-refractivity contribution in [2.24, 2.45) is 0 Å². The molecule has 0 atom stereocenters. The molecular weight excluding hydrogens is 374 g/mol. The highest BCUT2D eigenvalue weighted by Crippen LogP contribution is 2.17. The van der Waals surface area contributed by atoms with Crippen LogP contribution < -0.4 is 5.32 Å². The molecular formula is C24H33N5O. The molecule has 1 N–H and O–H groups in total. The Morgan fingerprint density at radius 1 is 1.10 bits per heavy atom. The number of nitrogens with zero attached hydrogens (tertiary/aromatic N) is 4. The van der Waals surface area contributed by atoms with Gasteiger partial charge < -0.3 is 5.32 Å². The number of amides is 1. The van der Waals surface area contributed by atoms with Crippen molar-refractivity contribution in [2.45, 2.75) is 60.5 Å². The minimum absolute atomic E-state index is 0.0585. The van der Waals surface area contributed by atoms with Crippen LogP contribution in [0.1, 0.15) is 54.0 Å². The third-order valence-corrected chi connectivity index (χ3v) is 5.77. The molecule has 0 spiro atoms. The van der Waals surface area contributed by atoms with Crippen LogP contribution in [0.15, 0.2) is 30.3 Å². The Bertz CT molecular complexity index is 1020. The number of rotatable bonds is 9. The summed E-state index contributed by atoms with van der Waals surface area (Å²) in [5, 5.41) is 7.61. The number of carbonyl (C=O) groups excluding carboxylic acids is 1. The third kappa shape index (κ3) is 5.05. The van der Waals surface area contributed by atoms with Crippen molar-refractivity contribution in [3.63, 3.8) is 0 Å². The summed E-state index contributed by atoms with van der Waals surface area (Å²) in [6.07, 6.45) is 1.10. The average molecular weight is 408 g/mol. The largest absolute Gasteiger partial charge is 0.352 e. The maximum absolute atomic E-state index is 12.6. The van der Waals surface area contributed by atoms with Crippen molar-refractivity contribution in [3.05, 3.63) is 64.1 Å². The molecule has 6 nitrogen and oxygen atoms in total. The summed E-state index contributed by atoms with van der Waals surface area (Å²) in [6, 6.07) is 10.3. The van der Waals surface area contributed by atoms with E-state index in [2.05, 4.69) is 52.3 Å². The van der Waals surface area contributed by atoms with Gasteiger partial charge in [-0.15, -0.1) is 0 Å². The summed E-state index contributed by atoms with van der Waals surface area (Å²) < 4.78 is 1.87. The molecule has 160 valence electrons. The van der Waals surface area contributed by atoms with Crippen molar-refractivity contribution >= 4 is 11.6 Å². The van der Waals surface area contributed by atoms with Gasteiger partial charge in [0.1, 0.15) is 0 Å². The molecule has 0 aliphatic heterocycles. The van der Waals surface area contributed by atoms with E-state index in [4.69, 9.17) is 0 Å². The maximum atomic E-state index is 12.6. The number of aromatic nitrogens is 3. The summed E-state index contributed by atoms with van der Waals surface area (Å²) in [7, 11) is 0. The van der Waals surface area contributed by atoms with Gasteiger partial charge in [0.15, 0.2) is 5.65 Å². The van der Waals surface area contributed by atoms with Gasteiger partial charge in [0.2, 0.25) is 5.91 Å². The van der Waals surface area contributed by atoms with Crippen LogP contribution in [0.25, 0.3) is 5.65 Å². The van der Waals surface area contributed by atoms with Crippen molar-refractivity contribution in [2.75, 3.05) is 13.1 Å². The highest BCUT2D eigenvalue weighted by atomic mass is 16.1. The van der Waals surface area contributed by atoms with Crippen LogP contribution in [0, 0.1) is 20.8 Å². The van der Waals surface area contributed by atoms with Gasteiger partial charge in [0.05, 0.1) is 5.69 Å². The first-order valence-electron chi connectivity index (χ1n) is 10.8. The van der Waals surface area contributed by atoms with Crippen LogP contribution in [-0.4, -0.2) is 38.5 Å². The van der Waals surface area contributed by atoms with Crippen LogP contribution in [-0.2, 0) is 24.3 Å². The van der Waals surface area contributed by atoms with Gasteiger partial charge in [-0.1, -0.05) is 38.1 Å². The molecule has 0 saturated heterocycles. The molecule has 0 radical (unpaired) electrons. The monoisotopic (exact) mass is 407 g/mol. The summed E-state index contributed by atoms with van der Waals surface area (Å²) in [4.78, 5) is 19.6. The van der Waals surface area contributed by atoms with Crippen LogP contribution in [0.4, 0.5) is 0 Å². The lowest BCUT2D eigenvalue weighted by atomic mass is 10.1. The van der Waals surface area contributed by atoms with E-state index in [0.717, 1.165) is 47.9 Å². The summed E-state index contributed by atoms with van der Waals surface area (Å²) in [5.41, 5.74) is 7.39. The lowest BCUT2D eigenvalue weighted by molar-refractivity contribution is -0.121. The van der Waals surface area contributed by atoms with Crippen LogP contribution in [0.5, 0.6) is 0 Å². The average Bonchev–Trinajstić information content (AvgIpc) is 3.11. The molecule has 3 rings (SSSR count). The van der Waals surface area contributed by atoms with Gasteiger partial charge in [0, 0.05) is 37.0 Å². The fourth-order valence-electron chi connectivity index (χ4n) is 3.90. The SMILES string of the molecule is CCN(CC)Cc1ccccc1CNC(=O)CCc1c(C)nc2cc(C)nn2c1C. The van der Waals surface area contributed by atoms with Crippen molar-refractivity contribution in [1.29, 1.82) is 0 Å². The van der Waals surface area contributed by atoms with E-state index in [9.17, 15) is 4.79 Å². The molecule has 0 aliphatic rings. The van der Waals surface area contributed by atoms with Crippen LogP contribution in [0.3, 0.4) is 0 Å². The van der Waals surface area contributed by atoms with E-state index in [1.54, 1.807) is 0 Å². The lowest BCUT2D eigenvalue weighted by Gasteiger charge is -2.20. The minimum atomic E-state index is 0.0585. The fraction of sp³-hybridized carbons (Fsp3) is 0.458. The van der Waals surface area contributed by atoms with E-state index in [0.29, 0.717) is 19.4 Å². The van der Waals surface area contributed by atoms with Crippen LogP contribution >= 0.6 is 0 Å². The standard InChI is InChI=1S/C24H33N5O/c1-6-28(7-2)16-21-11-9-8-10-20(21)15-25-24(30)13-12-22-18(4)26-23-14-17(3)27-29(23)19(22)5/h8-11,14H,6-7,12-13,15-16H2,1-5H3,(H,25,30). The van der Waals surface area contributed by atoms with Gasteiger partial charge in [-0.25, -0.2) is 9.50 Å². The second kappa shape index (κ2) is 9.85. The molecule has 2 heterocycles. The lowest BCUT2D eigenvalue weighted by Crippen LogP contribution is -2.26. The highest BCUT2D eigenvalue weighted by molar-refractivity contribution is 5.76. The predicted octanol–water partition coefficient (Wildman–Crippen LogP) is 3.75. The van der Waals surface area contributed by atoms with Gasteiger partial charge in [0.25, 0.3) is 0 Å². The van der Waals surface area contributed by atoms with Gasteiger partial charge in [-0.05, 0) is 57.0 Å². The summed E-state index contributed by atoms with van der Waals surface area (Å²) in [6.45, 7) is 13.9. The fourth-order valence-corrected chi connectivity index (χ4v) is 3.90. The first-order valence-corrected chi connectivity index (χ1v) is 10.8. The Balaban J connectivity index is 1.62. The number of aryl methyl sites for hydroxylation is 3. The molecule has 3 aromatic rings. The normalized spacial score (nSPS) is 11.4. The van der Waals surface area contributed by atoms with Gasteiger partial charge in [-0.3, -0.25) is 9.69 Å². The smallest absolute Gasteiger partial charge is 0.220 e. The van der Waals surface area contributed by atoms with Crippen LogP contribution in [0.2, 0.25) is 0 Å². The van der Waals surface area contributed by atoms with E-state index in [1.807, 2.05) is 37.4 Å². The number of fused-ring (bicyclic) bond motifs is 1. The van der Waals surface area contributed by atoms with Gasteiger partial charge in [-0.2, -0.15) is 5.10 Å². The van der Waals surface area contributed by atoms with Crippen molar-refractivity contribution in [3.8, 4) is 0 Å². The second-order valence-electron chi connectivity index (χ2n) is 7.82. The number of carbonyl (C=O) groups is 1. The van der Waals surface area contributed by atoms with Crippen molar-refractivity contribution < 1.29 is 4.79 Å². The first kappa shape index (κ1) is 22.0. The number of hydrogen-bond donors (Lipinski definition) is 1. The zero-order valence-electron chi connectivity index (χ0n) is 18.8. The predicted molar refractivity (Wildman–Crippen MR) is 120 cm³/mol. The third-order valence-electron chi connectivity index (χ3n) is 5.77. The Hall–Kier alpha value is -2.73. The van der Waals surface area contributed by atoms with E-state index < -0.39 is 0 Å². The van der Waals surface area contributed by atoms with Crippen molar-refractivity contribution in [1.82, 2.24) is 24.8 Å². The first-order chi connectivity index (χ1) is 14.4. The zero-order valence-corrected chi connectivity index (χ0v) is 18.8. The minimum Gasteiger partial charge on any atom is -0.352 e. The molecule has 0 saturated carbocycles. The second-order valence-corrected chi connectivity index (χ2v) is 7.82. The molecule has 1 amide bonds. The van der Waals surface area contributed by atoms with E-state index in [1.165, 1.54) is 11.1 Å². The zero-order chi connectivity index (χ0) is 21.7. The molecule has 1 aromatic carbocycles. The van der Waals surface area contributed by atoms with E-state index in [-0.39, 0.29) is 5.91 Å². The number of hydrogen-bond acceptors (Lipinski definition) is 4. The highest BCUT2D eigenvalue weighted by Gasteiger charge is 2.13. The Kier molecular flexibility index (Phi) is 7.21. The molecule has 0 bridgehead atoms. The molecule has 30 heavy (non-hydrogen) atoms. The Labute approximate surface area is 179 Å². The Morgan fingerprint density at radius 3 is 2.50 bits per heavy atom. The quantitative estimate of drug-likeness (QED) is 0.587. The molecule has 6 heteroatoms. The van der Waals surface area contributed by atoms with E-state index >= 15 is 0 Å². The summed E-state index contributed by atoms with van der Waals surface area (Å²) in [5.74, 6) is 0.0585. The molecule has 0 unspecified atom stereocenters. The Morgan fingerprint density at radius 2 is 1.80 bits per heavy atom. The maximum Gasteiger partial charge on any atom is 0.220 e. The summed E-state index contributed by atoms with van der Waals surface area (Å²) >= 11 is 0. The van der Waals surface area contributed by atoms with Gasteiger partial charge >= 0.3 is 0 Å². The topological polar surface area (TPSA) is 62.5 Å². The number of nitrogens with one attached hydrogen (secondary N) is 1. The molecule has 0 aliphatic carbocycles. The number of benzene rings is 1.